The summed E-state index contributed by atoms with van der Waals surface area (Å²) >= 11 is 0. The first-order valence-electron chi connectivity index (χ1n) is 12.7. The molecule has 0 aliphatic heterocycles. The molecule has 0 amide bonds. The lowest BCUT2D eigenvalue weighted by Crippen LogP contribution is -2.18. The number of aryl methyl sites for hydroxylation is 3. The summed E-state index contributed by atoms with van der Waals surface area (Å²) in [6, 6.07) is 15.1. The lowest BCUT2D eigenvalue weighted by molar-refractivity contribution is 0.0553. The van der Waals surface area contributed by atoms with E-state index in [-0.39, 0.29) is 0 Å². The summed E-state index contributed by atoms with van der Waals surface area (Å²) in [6.45, 7) is 7.75. The second-order valence-corrected chi connectivity index (χ2v) is 11.0. The molecule has 0 bridgehead atoms. The lowest BCUT2D eigenvalue weighted by Gasteiger charge is -2.18. The second-order valence-electron chi connectivity index (χ2n) is 11.0. The highest BCUT2D eigenvalue weighted by Crippen LogP contribution is 2.37. The van der Waals surface area contributed by atoms with Gasteiger partial charge in [0.15, 0.2) is 0 Å². The molecule has 4 nitrogen and oxygen atoms in total. The Bertz CT molecular complexity index is 1370. The number of hydrogen-bond donors (Lipinski definition) is 3. The van der Waals surface area contributed by atoms with Crippen molar-refractivity contribution in [3.63, 3.8) is 0 Å². The van der Waals surface area contributed by atoms with Crippen LogP contribution in [-0.4, -0.2) is 20.2 Å². The van der Waals surface area contributed by atoms with Crippen molar-refractivity contribution < 1.29 is 10.2 Å². The fraction of sp³-hybridized carbons (Fsp3) is 0.387. The molecule has 4 aromatic rings. The van der Waals surface area contributed by atoms with Gasteiger partial charge in [0.1, 0.15) is 5.60 Å². The zero-order valence-corrected chi connectivity index (χ0v) is 21.3. The maximum absolute atomic E-state index is 10.6. The first-order chi connectivity index (χ1) is 16.6. The summed E-state index contributed by atoms with van der Waals surface area (Å²) < 4.78 is 0. The van der Waals surface area contributed by atoms with Crippen LogP contribution in [0.3, 0.4) is 0 Å². The monoisotopic (exact) mass is 468 g/mol. The molecule has 0 radical (unpaired) electrons. The number of para-hydroxylation sites is 1. The Morgan fingerprint density at radius 1 is 1.06 bits per heavy atom. The third kappa shape index (κ3) is 4.65. The van der Waals surface area contributed by atoms with E-state index in [1.807, 2.05) is 39.1 Å². The summed E-state index contributed by atoms with van der Waals surface area (Å²) in [7, 11) is 0. The molecule has 2 aromatic carbocycles. The van der Waals surface area contributed by atoms with E-state index in [1.165, 1.54) is 38.8 Å². The number of nitrogens with zero attached hydrogens (tertiary/aromatic N) is 1. The minimum Gasteiger partial charge on any atom is -0.386 e. The van der Waals surface area contributed by atoms with Gasteiger partial charge in [0.2, 0.25) is 0 Å². The summed E-state index contributed by atoms with van der Waals surface area (Å²) in [5.41, 5.74) is 9.03. The van der Waals surface area contributed by atoms with E-state index >= 15 is 0 Å². The summed E-state index contributed by atoms with van der Waals surface area (Å²) in [4.78, 5) is 7.87. The number of H-pyrrole nitrogens is 1. The molecule has 0 saturated heterocycles. The van der Waals surface area contributed by atoms with Crippen LogP contribution in [0.15, 0.2) is 54.9 Å². The molecule has 0 saturated carbocycles. The van der Waals surface area contributed by atoms with Crippen molar-refractivity contribution in [2.75, 3.05) is 0 Å². The zero-order chi connectivity index (χ0) is 24.8. The zero-order valence-electron chi connectivity index (χ0n) is 21.3. The van der Waals surface area contributed by atoms with Gasteiger partial charge < -0.3 is 15.2 Å². The number of fused-ring (bicyclic) bond motifs is 2. The molecule has 0 spiro atoms. The first-order valence-corrected chi connectivity index (χ1v) is 12.7. The summed E-state index contributed by atoms with van der Waals surface area (Å²) in [6.07, 6.45) is 9.57. The highest BCUT2D eigenvalue weighted by atomic mass is 16.3. The second kappa shape index (κ2) is 8.92. The molecule has 182 valence electrons. The van der Waals surface area contributed by atoms with Crippen LogP contribution in [0.2, 0.25) is 0 Å². The third-order valence-electron chi connectivity index (χ3n) is 7.68. The molecule has 1 aliphatic carbocycles. The fourth-order valence-electron chi connectivity index (χ4n) is 5.69. The smallest absolute Gasteiger partial charge is 0.104 e. The van der Waals surface area contributed by atoms with Crippen LogP contribution < -0.4 is 0 Å². The Kier molecular flexibility index (Phi) is 6.06. The Hall–Kier alpha value is -2.95. The largest absolute Gasteiger partial charge is 0.386 e. The molecule has 0 fully saturated rings. The van der Waals surface area contributed by atoms with Crippen LogP contribution in [0.25, 0.3) is 10.9 Å². The van der Waals surface area contributed by atoms with Crippen LogP contribution in [0, 0.1) is 6.92 Å². The van der Waals surface area contributed by atoms with Crippen LogP contribution in [0.1, 0.15) is 78.3 Å². The highest BCUT2D eigenvalue weighted by molar-refractivity contribution is 5.86. The van der Waals surface area contributed by atoms with Crippen molar-refractivity contribution in [1.29, 1.82) is 0 Å². The number of benzene rings is 2. The van der Waals surface area contributed by atoms with Gasteiger partial charge >= 0.3 is 0 Å². The van der Waals surface area contributed by atoms with Gasteiger partial charge in [0.25, 0.3) is 0 Å². The van der Waals surface area contributed by atoms with E-state index in [0.717, 1.165) is 55.3 Å². The highest BCUT2D eigenvalue weighted by Gasteiger charge is 2.34. The Balaban J connectivity index is 1.26. The van der Waals surface area contributed by atoms with E-state index < -0.39 is 11.2 Å². The van der Waals surface area contributed by atoms with E-state index in [1.54, 1.807) is 0 Å². The molecule has 1 aliphatic rings. The molecule has 3 N–H and O–H groups in total. The maximum atomic E-state index is 10.6. The van der Waals surface area contributed by atoms with Crippen molar-refractivity contribution in [1.82, 2.24) is 9.97 Å². The first kappa shape index (κ1) is 23.8. The van der Waals surface area contributed by atoms with E-state index in [9.17, 15) is 10.2 Å². The molecular weight excluding hydrogens is 432 g/mol. The predicted octanol–water partition coefficient (Wildman–Crippen LogP) is 6.02. The van der Waals surface area contributed by atoms with Gasteiger partial charge in [-0.3, -0.25) is 4.98 Å². The fourth-order valence-corrected chi connectivity index (χ4v) is 5.69. The van der Waals surface area contributed by atoms with Gasteiger partial charge in [0.05, 0.1) is 16.8 Å². The van der Waals surface area contributed by atoms with Crippen LogP contribution in [0.4, 0.5) is 0 Å². The molecule has 4 heteroatoms. The maximum Gasteiger partial charge on any atom is 0.104 e. The molecule has 1 atom stereocenters. The van der Waals surface area contributed by atoms with Crippen LogP contribution in [-0.2, 0) is 36.9 Å². The van der Waals surface area contributed by atoms with Crippen molar-refractivity contribution in [2.24, 2.45) is 0 Å². The number of hydrogen-bond acceptors (Lipinski definition) is 3. The summed E-state index contributed by atoms with van der Waals surface area (Å²) in [5.74, 6) is 0. The van der Waals surface area contributed by atoms with Gasteiger partial charge in [-0.05, 0) is 106 Å². The minimum absolute atomic E-state index is 0.750. The lowest BCUT2D eigenvalue weighted by atomic mass is 9.93. The van der Waals surface area contributed by atoms with Gasteiger partial charge in [-0.2, -0.15) is 0 Å². The predicted molar refractivity (Wildman–Crippen MR) is 142 cm³/mol. The van der Waals surface area contributed by atoms with Gasteiger partial charge in [-0.1, -0.05) is 36.4 Å². The SMILES string of the molecule is Cc1cc(Cc2ccnc3c2CCC3(C)O)ccc1CCCc1c[nH]c2c(C(C)(C)O)cccc12. The number of aliphatic hydroxyl groups is 2. The average molecular weight is 469 g/mol. The van der Waals surface area contributed by atoms with Crippen molar-refractivity contribution >= 4 is 10.9 Å². The third-order valence-corrected chi connectivity index (χ3v) is 7.68. The number of pyridine rings is 1. The number of rotatable bonds is 7. The van der Waals surface area contributed by atoms with Gasteiger partial charge in [-0.15, -0.1) is 0 Å². The number of aromatic amines is 1. The Labute approximate surface area is 208 Å². The molecular formula is C31H36N2O2. The molecule has 35 heavy (non-hydrogen) atoms. The normalized spacial score (nSPS) is 17.8. The molecule has 5 rings (SSSR count). The van der Waals surface area contributed by atoms with Crippen molar-refractivity contribution in [3.8, 4) is 0 Å². The Morgan fingerprint density at radius 3 is 2.63 bits per heavy atom. The van der Waals surface area contributed by atoms with Crippen LogP contribution >= 0.6 is 0 Å². The number of nitrogens with one attached hydrogen (secondary N) is 1. The van der Waals surface area contributed by atoms with Gasteiger partial charge in [-0.25, -0.2) is 0 Å². The van der Waals surface area contributed by atoms with E-state index in [0.29, 0.717) is 0 Å². The van der Waals surface area contributed by atoms with Crippen molar-refractivity contribution in [3.05, 3.63) is 99.5 Å². The summed E-state index contributed by atoms with van der Waals surface area (Å²) in [5, 5.41) is 22.3. The standard InChI is InChI=1S/C31H36N2O2/c1-20-17-21(18-23-14-16-32-29-26(23)13-15-31(29,4)35)11-12-22(20)7-5-8-24-19-33-28-25(24)9-6-10-27(28)30(2,3)34/h6,9-12,14,16-17,19,33-35H,5,7-8,13,15,18H2,1-4H3. The topological polar surface area (TPSA) is 69.1 Å². The van der Waals surface area contributed by atoms with E-state index in [2.05, 4.69) is 53.4 Å². The van der Waals surface area contributed by atoms with Crippen molar-refractivity contribution in [2.45, 2.75) is 77.4 Å². The minimum atomic E-state index is -0.866. The molecule has 2 aromatic heterocycles. The van der Waals surface area contributed by atoms with E-state index in [4.69, 9.17) is 0 Å². The van der Waals surface area contributed by atoms with Crippen LogP contribution in [0.5, 0.6) is 0 Å². The average Bonchev–Trinajstić information content (AvgIpc) is 3.35. The molecule has 2 heterocycles. The Morgan fingerprint density at radius 2 is 1.86 bits per heavy atom. The number of aromatic nitrogens is 2. The molecule has 1 unspecified atom stereocenters. The quantitative estimate of drug-likeness (QED) is 0.311. The van der Waals surface area contributed by atoms with Gasteiger partial charge in [0, 0.05) is 23.3 Å².